The van der Waals surface area contributed by atoms with Crippen molar-refractivity contribution in [2.75, 3.05) is 0 Å². The molecule has 0 spiro atoms. The van der Waals surface area contributed by atoms with Crippen molar-refractivity contribution >= 4 is 12.2 Å². The molecule has 0 aromatic heterocycles. The molecule has 3 aromatic rings. The van der Waals surface area contributed by atoms with Crippen molar-refractivity contribution in [2.24, 2.45) is 0 Å². The number of allylic oxidation sites excluding steroid dienone is 2. The highest BCUT2D eigenvalue weighted by Gasteiger charge is 1.87. The fourth-order valence-corrected chi connectivity index (χ4v) is 2.29. The van der Waals surface area contributed by atoms with Crippen molar-refractivity contribution < 1.29 is 0 Å². The molecule has 0 heteroatoms. The van der Waals surface area contributed by atoms with Gasteiger partial charge in [-0.05, 0) is 59.7 Å². The van der Waals surface area contributed by atoms with Crippen LogP contribution < -0.4 is 0 Å². The van der Waals surface area contributed by atoms with Gasteiger partial charge in [0.05, 0.1) is 0 Å². The molecule has 0 N–H and O–H groups in total. The number of rotatable bonds is 2. The largest absolute Gasteiger partial charge is 0.0696 e. The summed E-state index contributed by atoms with van der Waals surface area (Å²) >= 11 is 0. The van der Waals surface area contributed by atoms with E-state index in [1.54, 1.807) is 0 Å². The summed E-state index contributed by atoms with van der Waals surface area (Å²) < 4.78 is 0. The minimum atomic E-state index is 0.980. The SMILES string of the molecule is C(#Cc1ccc(C#CC=Cc2ccccc2)cc1)C=Cc1ccccc1. The van der Waals surface area contributed by atoms with E-state index < -0.39 is 0 Å². The topological polar surface area (TPSA) is 0 Å². The molecule has 0 bridgehead atoms. The molecule has 0 radical (unpaired) electrons. The number of hydrogen-bond donors (Lipinski definition) is 0. The summed E-state index contributed by atoms with van der Waals surface area (Å²) in [5, 5.41) is 0. The molecule has 0 aliphatic heterocycles. The third-order valence-electron chi connectivity index (χ3n) is 3.64. The van der Waals surface area contributed by atoms with Crippen LogP contribution in [-0.4, -0.2) is 0 Å². The average molecular weight is 330 g/mol. The molecule has 0 amide bonds. The fourth-order valence-electron chi connectivity index (χ4n) is 2.29. The quantitative estimate of drug-likeness (QED) is 0.520. The highest BCUT2D eigenvalue weighted by atomic mass is 13.9. The molecule has 122 valence electrons. The van der Waals surface area contributed by atoms with Gasteiger partial charge in [0, 0.05) is 11.1 Å². The number of benzene rings is 3. The molecular formula is C26H18. The Bertz CT molecular complexity index is 911. The van der Waals surface area contributed by atoms with Crippen LogP contribution in [0.25, 0.3) is 12.2 Å². The first kappa shape index (κ1) is 17.1. The van der Waals surface area contributed by atoms with Crippen LogP contribution in [0.15, 0.2) is 97.1 Å². The molecule has 0 aliphatic rings. The standard InChI is InChI=1S/C26H18/c1-3-11-23(12-4-1)15-7-9-17-25-19-21-26(22-20-25)18-10-8-16-24-13-5-2-6-14-24/h1-8,11-16,19-22H. The Hall–Kier alpha value is -3.74. The monoisotopic (exact) mass is 330 g/mol. The van der Waals surface area contributed by atoms with Crippen molar-refractivity contribution in [3.8, 4) is 23.7 Å². The van der Waals surface area contributed by atoms with Gasteiger partial charge < -0.3 is 0 Å². The second-order valence-corrected chi connectivity index (χ2v) is 5.60. The van der Waals surface area contributed by atoms with Crippen LogP contribution in [0.5, 0.6) is 0 Å². The summed E-state index contributed by atoms with van der Waals surface area (Å²) in [5.74, 6) is 12.4. The molecule has 0 atom stereocenters. The third-order valence-corrected chi connectivity index (χ3v) is 3.64. The van der Waals surface area contributed by atoms with Gasteiger partial charge in [0.2, 0.25) is 0 Å². The van der Waals surface area contributed by atoms with E-state index in [9.17, 15) is 0 Å². The van der Waals surface area contributed by atoms with E-state index in [-0.39, 0.29) is 0 Å². The predicted molar refractivity (Wildman–Crippen MR) is 111 cm³/mol. The third kappa shape index (κ3) is 5.72. The van der Waals surface area contributed by atoms with Gasteiger partial charge in [-0.25, -0.2) is 0 Å². The van der Waals surface area contributed by atoms with E-state index in [0.29, 0.717) is 0 Å². The van der Waals surface area contributed by atoms with Crippen LogP contribution in [0.4, 0.5) is 0 Å². The number of hydrogen-bond acceptors (Lipinski definition) is 0. The van der Waals surface area contributed by atoms with E-state index in [2.05, 4.69) is 47.9 Å². The Morgan fingerprint density at radius 1 is 0.462 bits per heavy atom. The van der Waals surface area contributed by atoms with Gasteiger partial charge in [0.15, 0.2) is 0 Å². The lowest BCUT2D eigenvalue weighted by atomic mass is 10.1. The molecule has 0 saturated heterocycles. The fraction of sp³-hybridized carbons (Fsp3) is 0. The van der Waals surface area contributed by atoms with Crippen molar-refractivity contribution in [1.82, 2.24) is 0 Å². The van der Waals surface area contributed by atoms with Crippen LogP contribution in [0.1, 0.15) is 22.3 Å². The first-order valence-corrected chi connectivity index (χ1v) is 8.46. The minimum absolute atomic E-state index is 0.980. The maximum atomic E-state index is 3.13. The zero-order valence-electron chi connectivity index (χ0n) is 14.4. The van der Waals surface area contributed by atoms with Gasteiger partial charge >= 0.3 is 0 Å². The molecule has 0 saturated carbocycles. The lowest BCUT2D eigenvalue weighted by Gasteiger charge is -1.91. The first-order chi connectivity index (χ1) is 12.9. The van der Waals surface area contributed by atoms with Gasteiger partial charge in [-0.15, -0.1) is 0 Å². The van der Waals surface area contributed by atoms with Crippen molar-refractivity contribution in [3.63, 3.8) is 0 Å². The average Bonchev–Trinajstić information content (AvgIpc) is 2.71. The molecule has 26 heavy (non-hydrogen) atoms. The van der Waals surface area contributed by atoms with Gasteiger partial charge in [-0.2, -0.15) is 0 Å². The Morgan fingerprint density at radius 2 is 0.846 bits per heavy atom. The molecule has 0 heterocycles. The van der Waals surface area contributed by atoms with Crippen LogP contribution >= 0.6 is 0 Å². The predicted octanol–water partition coefficient (Wildman–Crippen LogP) is 5.82. The Balaban J connectivity index is 1.58. The Kier molecular flexibility index (Phi) is 6.27. The zero-order valence-corrected chi connectivity index (χ0v) is 14.4. The maximum absolute atomic E-state index is 3.13. The smallest absolute Gasteiger partial charge is 0.0249 e. The Morgan fingerprint density at radius 3 is 1.23 bits per heavy atom. The molecule has 0 unspecified atom stereocenters. The summed E-state index contributed by atoms with van der Waals surface area (Å²) in [6, 6.07) is 28.3. The van der Waals surface area contributed by atoms with E-state index in [4.69, 9.17) is 0 Å². The lowest BCUT2D eigenvalue weighted by molar-refractivity contribution is 1.60. The molecule has 0 nitrogen and oxygen atoms in total. The second kappa shape index (κ2) is 9.53. The van der Waals surface area contributed by atoms with E-state index in [0.717, 1.165) is 22.3 Å². The maximum Gasteiger partial charge on any atom is 0.0249 e. The van der Waals surface area contributed by atoms with E-state index >= 15 is 0 Å². The van der Waals surface area contributed by atoms with Gasteiger partial charge in [0.25, 0.3) is 0 Å². The highest BCUT2D eigenvalue weighted by Crippen LogP contribution is 2.04. The Labute approximate surface area is 155 Å². The lowest BCUT2D eigenvalue weighted by Crippen LogP contribution is -1.76. The molecule has 0 fully saturated rings. The van der Waals surface area contributed by atoms with Crippen LogP contribution in [-0.2, 0) is 0 Å². The molecule has 3 aromatic carbocycles. The zero-order chi connectivity index (χ0) is 17.9. The second-order valence-electron chi connectivity index (χ2n) is 5.60. The first-order valence-electron chi connectivity index (χ1n) is 8.46. The molecular weight excluding hydrogens is 312 g/mol. The van der Waals surface area contributed by atoms with Crippen molar-refractivity contribution in [3.05, 3.63) is 119 Å². The summed E-state index contributed by atoms with van der Waals surface area (Å²) in [7, 11) is 0. The summed E-state index contributed by atoms with van der Waals surface area (Å²) in [5.41, 5.74) is 4.26. The van der Waals surface area contributed by atoms with Crippen LogP contribution in [0, 0.1) is 23.7 Å². The van der Waals surface area contributed by atoms with Crippen molar-refractivity contribution in [1.29, 1.82) is 0 Å². The van der Waals surface area contributed by atoms with Gasteiger partial charge in [0.1, 0.15) is 0 Å². The normalized spacial score (nSPS) is 10.2. The minimum Gasteiger partial charge on any atom is -0.0696 e. The summed E-state index contributed by atoms with van der Waals surface area (Å²) in [6.07, 6.45) is 7.76. The molecule has 3 rings (SSSR count). The summed E-state index contributed by atoms with van der Waals surface area (Å²) in [6.45, 7) is 0. The van der Waals surface area contributed by atoms with E-state index in [1.807, 2.05) is 85.0 Å². The summed E-state index contributed by atoms with van der Waals surface area (Å²) in [4.78, 5) is 0. The van der Waals surface area contributed by atoms with Gasteiger partial charge in [-0.3, -0.25) is 0 Å². The van der Waals surface area contributed by atoms with Gasteiger partial charge in [-0.1, -0.05) is 84.3 Å². The van der Waals surface area contributed by atoms with Crippen LogP contribution in [0.2, 0.25) is 0 Å². The van der Waals surface area contributed by atoms with Crippen molar-refractivity contribution in [2.45, 2.75) is 0 Å². The van der Waals surface area contributed by atoms with E-state index in [1.165, 1.54) is 0 Å². The highest BCUT2D eigenvalue weighted by molar-refractivity contribution is 5.55. The molecule has 0 aliphatic carbocycles. The van der Waals surface area contributed by atoms with Crippen LogP contribution in [0.3, 0.4) is 0 Å².